The van der Waals surface area contributed by atoms with Crippen LogP contribution in [0.3, 0.4) is 0 Å². The number of nitrogens with zero attached hydrogens (tertiary/aromatic N) is 2. The van der Waals surface area contributed by atoms with Gasteiger partial charge < -0.3 is 14.4 Å². The minimum atomic E-state index is 0.760. The van der Waals surface area contributed by atoms with Gasteiger partial charge in [-0.15, -0.1) is 0 Å². The minimum Gasteiger partial charge on any atom is -0.491 e. The van der Waals surface area contributed by atoms with E-state index in [9.17, 15) is 0 Å². The third-order valence-corrected chi connectivity index (χ3v) is 2.12. The Kier molecular flexibility index (Phi) is 2.35. The van der Waals surface area contributed by atoms with Crippen LogP contribution in [0.4, 0.5) is 5.82 Å². The lowest BCUT2D eigenvalue weighted by atomic mass is 10.4. The molecule has 2 heterocycles. The van der Waals surface area contributed by atoms with Gasteiger partial charge in [-0.3, -0.25) is 5.10 Å². The summed E-state index contributed by atoms with van der Waals surface area (Å²) in [5, 5.41) is 6.92. The smallest absolute Gasteiger partial charge is 0.193 e. The molecular formula is C8H13N3O2. The Morgan fingerprint density at radius 1 is 1.54 bits per heavy atom. The molecule has 1 fully saturated rings. The first-order valence-corrected chi connectivity index (χ1v) is 4.32. The van der Waals surface area contributed by atoms with Gasteiger partial charge >= 0.3 is 0 Å². The summed E-state index contributed by atoms with van der Waals surface area (Å²) >= 11 is 0. The predicted molar refractivity (Wildman–Crippen MR) is 48.2 cm³/mol. The summed E-state index contributed by atoms with van der Waals surface area (Å²) in [6, 6.07) is 0. The van der Waals surface area contributed by atoms with Crippen molar-refractivity contribution in [2.75, 3.05) is 38.3 Å². The molecule has 1 aliphatic rings. The molecule has 1 aliphatic heterocycles. The number of hydrogen-bond donors (Lipinski definition) is 1. The number of ether oxygens (including phenoxy) is 2. The van der Waals surface area contributed by atoms with Crippen LogP contribution in [0.5, 0.6) is 5.75 Å². The number of H-pyrrole nitrogens is 1. The van der Waals surface area contributed by atoms with Gasteiger partial charge in [-0.25, -0.2) is 0 Å². The Bertz CT molecular complexity index is 268. The van der Waals surface area contributed by atoms with E-state index in [0.29, 0.717) is 0 Å². The quantitative estimate of drug-likeness (QED) is 0.714. The second-order valence-corrected chi connectivity index (χ2v) is 2.88. The van der Waals surface area contributed by atoms with Gasteiger partial charge in [0.2, 0.25) is 0 Å². The summed E-state index contributed by atoms with van der Waals surface area (Å²) in [5.74, 6) is 1.67. The molecule has 1 N–H and O–H groups in total. The average molecular weight is 183 g/mol. The van der Waals surface area contributed by atoms with Crippen molar-refractivity contribution in [3.63, 3.8) is 0 Å². The number of aromatic amines is 1. The fourth-order valence-electron chi connectivity index (χ4n) is 1.42. The zero-order chi connectivity index (χ0) is 9.10. The van der Waals surface area contributed by atoms with Crippen LogP contribution in [0.2, 0.25) is 0 Å². The summed E-state index contributed by atoms with van der Waals surface area (Å²) in [6.07, 6.45) is 1.75. The number of hydrogen-bond acceptors (Lipinski definition) is 4. The van der Waals surface area contributed by atoms with Crippen molar-refractivity contribution >= 4 is 5.82 Å². The second-order valence-electron chi connectivity index (χ2n) is 2.88. The summed E-state index contributed by atoms with van der Waals surface area (Å²) in [7, 11) is 1.65. The Morgan fingerprint density at radius 3 is 3.00 bits per heavy atom. The molecule has 13 heavy (non-hydrogen) atoms. The Balaban J connectivity index is 2.13. The molecule has 1 saturated heterocycles. The summed E-state index contributed by atoms with van der Waals surface area (Å²) in [6.45, 7) is 3.27. The molecule has 0 spiro atoms. The van der Waals surface area contributed by atoms with E-state index in [4.69, 9.17) is 9.47 Å². The highest BCUT2D eigenvalue weighted by molar-refractivity contribution is 5.51. The van der Waals surface area contributed by atoms with Crippen LogP contribution in [-0.4, -0.2) is 43.6 Å². The zero-order valence-corrected chi connectivity index (χ0v) is 7.62. The van der Waals surface area contributed by atoms with Gasteiger partial charge in [0, 0.05) is 13.1 Å². The van der Waals surface area contributed by atoms with E-state index in [0.717, 1.165) is 37.9 Å². The lowest BCUT2D eigenvalue weighted by Crippen LogP contribution is -2.36. The van der Waals surface area contributed by atoms with Gasteiger partial charge in [0.1, 0.15) is 0 Å². The molecule has 0 bridgehead atoms. The monoisotopic (exact) mass is 183 g/mol. The number of nitrogens with one attached hydrogen (secondary N) is 1. The lowest BCUT2D eigenvalue weighted by molar-refractivity contribution is 0.122. The van der Waals surface area contributed by atoms with Crippen molar-refractivity contribution in [3.8, 4) is 5.75 Å². The van der Waals surface area contributed by atoms with E-state index in [1.54, 1.807) is 13.3 Å². The van der Waals surface area contributed by atoms with Crippen molar-refractivity contribution < 1.29 is 9.47 Å². The molecule has 0 saturated carbocycles. The number of morpholine rings is 1. The highest BCUT2D eigenvalue weighted by Crippen LogP contribution is 2.24. The van der Waals surface area contributed by atoms with Crippen LogP contribution in [0, 0.1) is 0 Å². The standard InChI is InChI=1S/C8H13N3O2/c1-12-7-6-9-10-8(7)11-2-4-13-5-3-11/h6H,2-5H2,1H3,(H,9,10). The molecule has 5 nitrogen and oxygen atoms in total. The second kappa shape index (κ2) is 3.66. The third kappa shape index (κ3) is 1.60. The third-order valence-electron chi connectivity index (χ3n) is 2.12. The molecule has 0 atom stereocenters. The minimum absolute atomic E-state index is 0.760. The van der Waals surface area contributed by atoms with Crippen LogP contribution < -0.4 is 9.64 Å². The van der Waals surface area contributed by atoms with Crippen molar-refractivity contribution in [1.29, 1.82) is 0 Å². The van der Waals surface area contributed by atoms with Crippen molar-refractivity contribution in [3.05, 3.63) is 6.20 Å². The van der Waals surface area contributed by atoms with Gasteiger partial charge in [0.05, 0.1) is 26.5 Å². The van der Waals surface area contributed by atoms with Crippen molar-refractivity contribution in [2.45, 2.75) is 0 Å². The van der Waals surface area contributed by atoms with Gasteiger partial charge in [0.15, 0.2) is 11.6 Å². The molecule has 0 unspecified atom stereocenters. The lowest BCUT2D eigenvalue weighted by Gasteiger charge is -2.26. The maximum Gasteiger partial charge on any atom is 0.193 e. The Morgan fingerprint density at radius 2 is 2.31 bits per heavy atom. The predicted octanol–water partition coefficient (Wildman–Crippen LogP) is 0.255. The van der Waals surface area contributed by atoms with Gasteiger partial charge in [0.25, 0.3) is 0 Å². The molecule has 2 rings (SSSR count). The highest BCUT2D eigenvalue weighted by atomic mass is 16.5. The summed E-state index contributed by atoms with van der Waals surface area (Å²) < 4.78 is 10.4. The van der Waals surface area contributed by atoms with Crippen LogP contribution >= 0.6 is 0 Å². The van der Waals surface area contributed by atoms with E-state index in [2.05, 4.69) is 15.1 Å². The zero-order valence-electron chi connectivity index (χ0n) is 7.62. The van der Waals surface area contributed by atoms with Crippen molar-refractivity contribution in [1.82, 2.24) is 10.2 Å². The van der Waals surface area contributed by atoms with Crippen LogP contribution in [0.1, 0.15) is 0 Å². The average Bonchev–Trinajstić information content (AvgIpc) is 2.67. The van der Waals surface area contributed by atoms with Crippen LogP contribution in [0.25, 0.3) is 0 Å². The molecule has 1 aromatic rings. The number of aromatic nitrogens is 2. The van der Waals surface area contributed by atoms with Crippen LogP contribution in [-0.2, 0) is 4.74 Å². The molecule has 0 amide bonds. The molecule has 0 aromatic carbocycles. The number of methoxy groups -OCH3 is 1. The van der Waals surface area contributed by atoms with E-state index in [1.165, 1.54) is 0 Å². The van der Waals surface area contributed by atoms with Gasteiger partial charge in [-0.1, -0.05) is 0 Å². The maximum atomic E-state index is 5.25. The van der Waals surface area contributed by atoms with Gasteiger partial charge in [-0.05, 0) is 0 Å². The summed E-state index contributed by atoms with van der Waals surface area (Å²) in [5.41, 5.74) is 0. The molecular weight excluding hydrogens is 170 g/mol. The fourth-order valence-corrected chi connectivity index (χ4v) is 1.42. The van der Waals surface area contributed by atoms with E-state index in [1.807, 2.05) is 0 Å². The van der Waals surface area contributed by atoms with E-state index in [-0.39, 0.29) is 0 Å². The van der Waals surface area contributed by atoms with Gasteiger partial charge in [-0.2, -0.15) is 5.10 Å². The van der Waals surface area contributed by atoms with E-state index >= 15 is 0 Å². The first kappa shape index (κ1) is 8.37. The number of anilines is 1. The van der Waals surface area contributed by atoms with E-state index < -0.39 is 0 Å². The van der Waals surface area contributed by atoms with Crippen LogP contribution in [0.15, 0.2) is 6.20 Å². The molecule has 1 aromatic heterocycles. The SMILES string of the molecule is COc1c[nH]nc1N1CCOCC1. The molecule has 72 valence electrons. The molecule has 5 heteroatoms. The summed E-state index contributed by atoms with van der Waals surface area (Å²) in [4.78, 5) is 2.15. The first-order chi connectivity index (χ1) is 6.42. The Hall–Kier alpha value is -1.23. The largest absolute Gasteiger partial charge is 0.491 e. The molecule has 0 radical (unpaired) electrons. The Labute approximate surface area is 76.6 Å². The maximum absolute atomic E-state index is 5.25. The normalized spacial score (nSPS) is 17.5. The van der Waals surface area contributed by atoms with Crippen molar-refractivity contribution in [2.24, 2.45) is 0 Å². The fraction of sp³-hybridized carbons (Fsp3) is 0.625. The first-order valence-electron chi connectivity index (χ1n) is 4.32. The number of rotatable bonds is 2. The topological polar surface area (TPSA) is 50.4 Å². The highest BCUT2D eigenvalue weighted by Gasteiger charge is 2.17. The molecule has 0 aliphatic carbocycles.